The number of hydrogen-bond donors (Lipinski definition) is 1. The Balaban J connectivity index is 1.87. The van der Waals surface area contributed by atoms with E-state index in [2.05, 4.69) is 29.1 Å². The molecule has 4 rings (SSSR count). The Bertz CT molecular complexity index is 1110. The fourth-order valence-corrected chi connectivity index (χ4v) is 3.99. The van der Waals surface area contributed by atoms with Crippen LogP contribution in [0.1, 0.15) is 53.3 Å². The van der Waals surface area contributed by atoms with Crippen molar-refractivity contribution in [1.29, 1.82) is 0 Å². The molecule has 0 bridgehead atoms. The number of anilines is 2. The summed E-state index contributed by atoms with van der Waals surface area (Å²) in [5.41, 5.74) is 4.81. The zero-order valence-electron chi connectivity index (χ0n) is 17.3. The molecule has 150 valence electrons. The largest absolute Gasteiger partial charge is 0.338 e. The lowest BCUT2D eigenvalue weighted by atomic mass is 9.76. The first-order chi connectivity index (χ1) is 13.6. The number of fused-ring (bicyclic) bond motifs is 1. The predicted octanol–water partition coefficient (Wildman–Crippen LogP) is 5.14. The van der Waals surface area contributed by atoms with E-state index >= 15 is 0 Å². The lowest BCUT2D eigenvalue weighted by molar-refractivity contribution is 0.0911. The fourth-order valence-electron chi connectivity index (χ4n) is 3.81. The van der Waals surface area contributed by atoms with Gasteiger partial charge < -0.3 is 5.32 Å². The van der Waals surface area contributed by atoms with Crippen LogP contribution in [0.4, 0.5) is 11.5 Å². The van der Waals surface area contributed by atoms with Crippen molar-refractivity contribution in [3.63, 3.8) is 0 Å². The van der Waals surface area contributed by atoms with Crippen LogP contribution in [0.15, 0.2) is 24.3 Å². The minimum atomic E-state index is -0.148. The summed E-state index contributed by atoms with van der Waals surface area (Å²) in [6.07, 6.45) is 1.19. The maximum atomic E-state index is 13.1. The third-order valence-corrected chi connectivity index (χ3v) is 5.55. The first kappa shape index (κ1) is 19.6. The van der Waals surface area contributed by atoms with Gasteiger partial charge in [-0.25, -0.2) is 14.6 Å². The van der Waals surface area contributed by atoms with Crippen molar-refractivity contribution in [2.45, 2.75) is 47.5 Å². The second-order valence-corrected chi connectivity index (χ2v) is 8.97. The highest BCUT2D eigenvalue weighted by Crippen LogP contribution is 2.39. The first-order valence-corrected chi connectivity index (χ1v) is 10.0. The fraction of sp³-hybridized carbons (Fsp3) is 0.364. The molecular weight excluding hydrogens is 386 g/mol. The highest BCUT2D eigenvalue weighted by Gasteiger charge is 2.37. The van der Waals surface area contributed by atoms with Crippen LogP contribution in [0, 0.1) is 26.2 Å². The zero-order chi connectivity index (χ0) is 20.9. The van der Waals surface area contributed by atoms with Crippen molar-refractivity contribution < 1.29 is 4.79 Å². The minimum absolute atomic E-state index is 0.0765. The molecule has 2 aromatic heterocycles. The van der Waals surface area contributed by atoms with E-state index in [1.807, 2.05) is 45.0 Å². The van der Waals surface area contributed by atoms with Gasteiger partial charge in [-0.1, -0.05) is 31.5 Å². The van der Waals surface area contributed by atoms with E-state index in [0.717, 1.165) is 28.3 Å². The Morgan fingerprint density at radius 1 is 1.07 bits per heavy atom. The standard InChI is InChI=1S/C22H24ClN5O/c1-12-6-7-15(9-16(12)23)26-20-19-17(10-22(4,5)11-18(19)29)28(27-20)21-24-13(2)8-14(3)25-21/h6-9H,10-11H2,1-5H3,(H,26,27). The summed E-state index contributed by atoms with van der Waals surface area (Å²) in [7, 11) is 0. The number of halogens is 1. The summed E-state index contributed by atoms with van der Waals surface area (Å²) in [6.45, 7) is 10.00. The van der Waals surface area contributed by atoms with Crippen molar-refractivity contribution >= 4 is 28.9 Å². The van der Waals surface area contributed by atoms with Gasteiger partial charge in [0.2, 0.25) is 0 Å². The number of benzene rings is 1. The number of carbonyl (C=O) groups excluding carboxylic acids is 1. The third kappa shape index (κ3) is 3.77. The van der Waals surface area contributed by atoms with Gasteiger partial charge in [0.1, 0.15) is 0 Å². The molecular formula is C22H24ClN5O. The average molecular weight is 410 g/mol. The predicted molar refractivity (Wildman–Crippen MR) is 115 cm³/mol. The van der Waals surface area contributed by atoms with Gasteiger partial charge >= 0.3 is 0 Å². The Labute approximate surface area is 175 Å². The lowest BCUT2D eigenvalue weighted by Crippen LogP contribution is -2.28. The summed E-state index contributed by atoms with van der Waals surface area (Å²) < 4.78 is 1.71. The molecule has 0 spiro atoms. The number of aromatic nitrogens is 4. The van der Waals surface area contributed by atoms with Crippen molar-refractivity contribution in [3.8, 4) is 5.95 Å². The quantitative estimate of drug-likeness (QED) is 0.648. The number of ketones is 1. The van der Waals surface area contributed by atoms with E-state index in [0.29, 0.717) is 35.2 Å². The molecule has 2 heterocycles. The van der Waals surface area contributed by atoms with Gasteiger partial charge in [-0.3, -0.25) is 4.79 Å². The Hall–Kier alpha value is -2.73. The number of nitrogens with one attached hydrogen (secondary N) is 1. The minimum Gasteiger partial charge on any atom is -0.338 e. The number of rotatable bonds is 3. The van der Waals surface area contributed by atoms with Gasteiger partial charge in [0.15, 0.2) is 11.6 Å². The van der Waals surface area contributed by atoms with Crippen LogP contribution in [0.2, 0.25) is 5.02 Å². The molecule has 0 radical (unpaired) electrons. The van der Waals surface area contributed by atoms with E-state index in [9.17, 15) is 4.79 Å². The number of nitrogens with zero attached hydrogens (tertiary/aromatic N) is 4. The highest BCUT2D eigenvalue weighted by atomic mass is 35.5. The monoisotopic (exact) mass is 409 g/mol. The molecule has 0 fully saturated rings. The van der Waals surface area contributed by atoms with Crippen LogP contribution < -0.4 is 5.32 Å². The Morgan fingerprint density at radius 2 is 1.76 bits per heavy atom. The first-order valence-electron chi connectivity index (χ1n) is 9.64. The summed E-state index contributed by atoms with van der Waals surface area (Å²) in [4.78, 5) is 22.2. The van der Waals surface area contributed by atoms with Crippen molar-refractivity contribution in [2.75, 3.05) is 5.32 Å². The van der Waals surface area contributed by atoms with E-state index in [1.54, 1.807) is 4.68 Å². The van der Waals surface area contributed by atoms with Crippen LogP contribution in [-0.2, 0) is 6.42 Å². The summed E-state index contributed by atoms with van der Waals surface area (Å²) in [5.74, 6) is 1.08. The molecule has 0 amide bonds. The van der Waals surface area contributed by atoms with E-state index < -0.39 is 0 Å². The highest BCUT2D eigenvalue weighted by molar-refractivity contribution is 6.31. The second kappa shape index (κ2) is 6.95. The van der Waals surface area contributed by atoms with Gasteiger partial charge in [-0.2, -0.15) is 0 Å². The summed E-state index contributed by atoms with van der Waals surface area (Å²) in [6, 6.07) is 7.62. The van der Waals surface area contributed by atoms with E-state index in [-0.39, 0.29) is 11.2 Å². The molecule has 1 aromatic carbocycles. The molecule has 3 aromatic rings. The maximum Gasteiger partial charge on any atom is 0.251 e. The van der Waals surface area contributed by atoms with Crippen LogP contribution >= 0.6 is 11.6 Å². The summed E-state index contributed by atoms with van der Waals surface area (Å²) >= 11 is 6.27. The van der Waals surface area contributed by atoms with Gasteiger partial charge in [0, 0.05) is 28.5 Å². The maximum absolute atomic E-state index is 13.1. The number of carbonyl (C=O) groups is 1. The van der Waals surface area contributed by atoms with Gasteiger partial charge in [0.05, 0.1) is 11.3 Å². The van der Waals surface area contributed by atoms with Gasteiger partial charge in [0.25, 0.3) is 5.95 Å². The van der Waals surface area contributed by atoms with Crippen molar-refractivity contribution in [2.24, 2.45) is 5.41 Å². The van der Waals surface area contributed by atoms with Crippen LogP contribution in [0.25, 0.3) is 5.95 Å². The molecule has 1 aliphatic rings. The molecule has 1 N–H and O–H groups in total. The molecule has 0 saturated heterocycles. The number of Topliss-reactive ketones (excluding diaryl/α,β-unsaturated/α-hetero) is 1. The molecule has 0 atom stereocenters. The molecule has 29 heavy (non-hydrogen) atoms. The van der Waals surface area contributed by atoms with Gasteiger partial charge in [-0.05, 0) is 56.4 Å². The second-order valence-electron chi connectivity index (χ2n) is 8.56. The third-order valence-electron chi connectivity index (χ3n) is 5.14. The lowest BCUT2D eigenvalue weighted by Gasteiger charge is -2.28. The number of hydrogen-bond acceptors (Lipinski definition) is 5. The average Bonchev–Trinajstić information content (AvgIpc) is 2.94. The van der Waals surface area contributed by atoms with Crippen LogP contribution in [0.5, 0.6) is 0 Å². The van der Waals surface area contributed by atoms with E-state index in [4.69, 9.17) is 16.7 Å². The smallest absolute Gasteiger partial charge is 0.251 e. The normalized spacial score (nSPS) is 15.3. The zero-order valence-corrected chi connectivity index (χ0v) is 18.1. The van der Waals surface area contributed by atoms with E-state index in [1.165, 1.54) is 0 Å². The Kier molecular flexibility index (Phi) is 4.69. The van der Waals surface area contributed by atoms with Crippen molar-refractivity contribution in [3.05, 3.63) is 57.5 Å². The Morgan fingerprint density at radius 3 is 2.41 bits per heavy atom. The topological polar surface area (TPSA) is 72.7 Å². The molecule has 1 aliphatic carbocycles. The molecule has 6 nitrogen and oxygen atoms in total. The van der Waals surface area contributed by atoms with Crippen molar-refractivity contribution in [1.82, 2.24) is 19.7 Å². The number of aryl methyl sites for hydroxylation is 3. The molecule has 0 unspecified atom stereocenters. The van der Waals surface area contributed by atoms with Crippen LogP contribution in [-0.4, -0.2) is 25.5 Å². The SMILES string of the molecule is Cc1cc(C)nc(-n2nc(Nc3ccc(C)c(Cl)c3)c3c2CC(C)(C)CC3=O)n1. The molecule has 0 saturated carbocycles. The summed E-state index contributed by atoms with van der Waals surface area (Å²) in [5, 5.41) is 8.67. The van der Waals surface area contributed by atoms with Gasteiger partial charge in [-0.15, -0.1) is 5.10 Å². The van der Waals surface area contributed by atoms with Crippen LogP contribution in [0.3, 0.4) is 0 Å². The molecule has 7 heteroatoms. The molecule has 0 aliphatic heterocycles.